The molecule has 116 valence electrons. The summed E-state index contributed by atoms with van der Waals surface area (Å²) in [4.78, 5) is 6.65. The Kier molecular flexibility index (Phi) is 4.68. The molecule has 4 nitrogen and oxygen atoms in total. The topological polar surface area (TPSA) is 34.0 Å². The molecule has 0 aliphatic carbocycles. The molecule has 0 spiro atoms. The molecule has 0 bridgehead atoms. The lowest BCUT2D eigenvalue weighted by molar-refractivity contribution is 0.204. The number of hydrogen-bond acceptors (Lipinski definition) is 3. The van der Waals surface area contributed by atoms with Crippen molar-refractivity contribution in [2.45, 2.75) is 38.8 Å². The Bertz CT molecular complexity index is 609. The van der Waals surface area contributed by atoms with Gasteiger partial charge in [0.2, 0.25) is 0 Å². The second-order valence-electron chi connectivity index (χ2n) is 6.06. The van der Waals surface area contributed by atoms with Crippen molar-refractivity contribution >= 4 is 0 Å². The van der Waals surface area contributed by atoms with Gasteiger partial charge in [0.15, 0.2) is 0 Å². The molecule has 1 aliphatic heterocycles. The highest BCUT2D eigenvalue weighted by Gasteiger charge is 2.21. The molecule has 0 unspecified atom stereocenters. The SMILES string of the molecule is C=CCn1ncc(CN2CCC(c3ccncc3)CC2)c1C. The predicted molar refractivity (Wildman–Crippen MR) is 88.7 cm³/mol. The van der Waals surface area contributed by atoms with Crippen molar-refractivity contribution < 1.29 is 0 Å². The van der Waals surface area contributed by atoms with Gasteiger partial charge in [0.05, 0.1) is 12.7 Å². The monoisotopic (exact) mass is 296 g/mol. The first-order chi connectivity index (χ1) is 10.8. The largest absolute Gasteiger partial charge is 0.299 e. The fraction of sp³-hybridized carbons (Fsp3) is 0.444. The Morgan fingerprint density at radius 1 is 1.27 bits per heavy atom. The summed E-state index contributed by atoms with van der Waals surface area (Å²) in [6, 6.07) is 4.31. The molecule has 4 heteroatoms. The van der Waals surface area contributed by atoms with Crippen LogP contribution >= 0.6 is 0 Å². The fourth-order valence-electron chi connectivity index (χ4n) is 3.25. The van der Waals surface area contributed by atoms with Crippen LogP contribution in [0.15, 0.2) is 43.4 Å². The first kappa shape index (κ1) is 15.0. The predicted octanol–water partition coefficient (Wildman–Crippen LogP) is 3.15. The van der Waals surface area contributed by atoms with Crippen molar-refractivity contribution in [2.75, 3.05) is 13.1 Å². The molecule has 3 heterocycles. The lowest BCUT2D eigenvalue weighted by Gasteiger charge is -2.32. The van der Waals surface area contributed by atoms with Crippen LogP contribution < -0.4 is 0 Å². The lowest BCUT2D eigenvalue weighted by Crippen LogP contribution is -2.32. The van der Waals surface area contributed by atoms with Gasteiger partial charge in [0.25, 0.3) is 0 Å². The van der Waals surface area contributed by atoms with Crippen molar-refractivity contribution in [2.24, 2.45) is 0 Å². The quantitative estimate of drug-likeness (QED) is 0.795. The standard InChI is InChI=1S/C18H24N4/c1-3-10-22-15(2)18(13-20-22)14-21-11-6-17(7-12-21)16-4-8-19-9-5-16/h3-5,8-9,13,17H,1,6-7,10-12,14H2,2H3. The normalized spacial score (nSPS) is 16.8. The van der Waals surface area contributed by atoms with E-state index in [1.165, 1.54) is 29.7 Å². The number of aromatic nitrogens is 3. The van der Waals surface area contributed by atoms with E-state index < -0.39 is 0 Å². The van der Waals surface area contributed by atoms with E-state index >= 15 is 0 Å². The number of nitrogens with zero attached hydrogens (tertiary/aromatic N) is 4. The first-order valence-corrected chi connectivity index (χ1v) is 8.02. The highest BCUT2D eigenvalue weighted by Crippen LogP contribution is 2.28. The number of allylic oxidation sites excluding steroid dienone is 1. The first-order valence-electron chi connectivity index (χ1n) is 8.02. The molecule has 1 saturated heterocycles. The minimum absolute atomic E-state index is 0.684. The van der Waals surface area contributed by atoms with Crippen molar-refractivity contribution in [3.63, 3.8) is 0 Å². The Balaban J connectivity index is 1.57. The summed E-state index contributed by atoms with van der Waals surface area (Å²) in [6.45, 7) is 10.0. The third kappa shape index (κ3) is 3.28. The third-order valence-corrected chi connectivity index (χ3v) is 4.67. The molecule has 1 aliphatic rings. The van der Waals surface area contributed by atoms with E-state index in [1.807, 2.05) is 29.3 Å². The minimum atomic E-state index is 0.684. The number of likely N-dealkylation sites (tertiary alicyclic amines) is 1. The van der Waals surface area contributed by atoms with E-state index in [1.54, 1.807) is 0 Å². The Morgan fingerprint density at radius 2 is 2.00 bits per heavy atom. The molecule has 0 radical (unpaired) electrons. The van der Waals surface area contributed by atoms with Gasteiger partial charge >= 0.3 is 0 Å². The maximum absolute atomic E-state index is 4.45. The maximum atomic E-state index is 4.45. The molecular formula is C18H24N4. The highest BCUT2D eigenvalue weighted by atomic mass is 15.3. The van der Waals surface area contributed by atoms with Crippen LogP contribution in [-0.2, 0) is 13.1 Å². The maximum Gasteiger partial charge on any atom is 0.0590 e. The van der Waals surface area contributed by atoms with Gasteiger partial charge in [-0.1, -0.05) is 6.08 Å². The minimum Gasteiger partial charge on any atom is -0.299 e. The zero-order valence-electron chi connectivity index (χ0n) is 13.3. The molecule has 1 fully saturated rings. The molecule has 2 aromatic heterocycles. The molecule has 22 heavy (non-hydrogen) atoms. The third-order valence-electron chi connectivity index (χ3n) is 4.67. The van der Waals surface area contributed by atoms with E-state index in [-0.39, 0.29) is 0 Å². The van der Waals surface area contributed by atoms with Gasteiger partial charge in [-0.05, 0) is 56.5 Å². The molecule has 2 aromatic rings. The smallest absolute Gasteiger partial charge is 0.0590 e. The van der Waals surface area contributed by atoms with Gasteiger partial charge in [-0.2, -0.15) is 5.10 Å². The highest BCUT2D eigenvalue weighted by molar-refractivity contribution is 5.18. The number of rotatable bonds is 5. The zero-order chi connectivity index (χ0) is 15.4. The Labute approximate surface area is 132 Å². The Hall–Kier alpha value is -1.94. The van der Waals surface area contributed by atoms with E-state index in [0.29, 0.717) is 5.92 Å². The van der Waals surface area contributed by atoms with Crippen LogP contribution in [0.1, 0.15) is 35.6 Å². The summed E-state index contributed by atoms with van der Waals surface area (Å²) >= 11 is 0. The van der Waals surface area contributed by atoms with Gasteiger partial charge in [-0.3, -0.25) is 14.6 Å². The number of piperidine rings is 1. The second-order valence-corrected chi connectivity index (χ2v) is 6.06. The molecular weight excluding hydrogens is 272 g/mol. The van der Waals surface area contributed by atoms with Crippen molar-refractivity contribution in [1.29, 1.82) is 0 Å². The summed E-state index contributed by atoms with van der Waals surface area (Å²) in [5.41, 5.74) is 4.03. The molecule has 0 atom stereocenters. The fourth-order valence-corrected chi connectivity index (χ4v) is 3.25. The van der Waals surface area contributed by atoms with Crippen LogP contribution in [-0.4, -0.2) is 32.8 Å². The van der Waals surface area contributed by atoms with Crippen LogP contribution in [0.3, 0.4) is 0 Å². The molecule has 0 amide bonds. The number of pyridine rings is 1. The Morgan fingerprint density at radius 3 is 2.68 bits per heavy atom. The van der Waals surface area contributed by atoms with Gasteiger partial charge in [0.1, 0.15) is 0 Å². The van der Waals surface area contributed by atoms with Gasteiger partial charge in [-0.15, -0.1) is 6.58 Å². The van der Waals surface area contributed by atoms with E-state index in [0.717, 1.165) is 26.2 Å². The lowest BCUT2D eigenvalue weighted by atomic mass is 9.90. The van der Waals surface area contributed by atoms with E-state index in [9.17, 15) is 0 Å². The summed E-state index contributed by atoms with van der Waals surface area (Å²) in [5, 5.41) is 4.45. The van der Waals surface area contributed by atoms with Gasteiger partial charge < -0.3 is 0 Å². The van der Waals surface area contributed by atoms with Gasteiger partial charge in [0, 0.05) is 30.2 Å². The van der Waals surface area contributed by atoms with Crippen LogP contribution in [0.25, 0.3) is 0 Å². The van der Waals surface area contributed by atoms with E-state index in [2.05, 4.69) is 40.6 Å². The van der Waals surface area contributed by atoms with Crippen molar-refractivity contribution in [3.05, 3.63) is 60.2 Å². The molecule has 3 rings (SSSR count). The summed E-state index contributed by atoms with van der Waals surface area (Å²) in [5.74, 6) is 0.684. The average Bonchev–Trinajstić information content (AvgIpc) is 2.90. The molecule has 0 aromatic carbocycles. The van der Waals surface area contributed by atoms with E-state index in [4.69, 9.17) is 0 Å². The zero-order valence-corrected chi connectivity index (χ0v) is 13.3. The molecule has 0 N–H and O–H groups in total. The average molecular weight is 296 g/mol. The molecule has 0 saturated carbocycles. The second kappa shape index (κ2) is 6.88. The van der Waals surface area contributed by atoms with Crippen LogP contribution in [0.4, 0.5) is 0 Å². The summed E-state index contributed by atoms with van der Waals surface area (Å²) in [7, 11) is 0. The van der Waals surface area contributed by atoms with Crippen LogP contribution in [0, 0.1) is 6.92 Å². The number of hydrogen-bond donors (Lipinski definition) is 0. The van der Waals surface area contributed by atoms with Crippen molar-refractivity contribution in [3.8, 4) is 0 Å². The van der Waals surface area contributed by atoms with Gasteiger partial charge in [-0.25, -0.2) is 0 Å². The van der Waals surface area contributed by atoms with Crippen molar-refractivity contribution in [1.82, 2.24) is 19.7 Å². The van der Waals surface area contributed by atoms with Crippen LogP contribution in [0.2, 0.25) is 0 Å². The summed E-state index contributed by atoms with van der Waals surface area (Å²) in [6.07, 6.45) is 10.2. The van der Waals surface area contributed by atoms with Crippen LogP contribution in [0.5, 0.6) is 0 Å². The summed E-state index contributed by atoms with van der Waals surface area (Å²) < 4.78 is 2.02.